The summed E-state index contributed by atoms with van der Waals surface area (Å²) in [5.74, 6) is 0.106. The second-order valence-corrected chi connectivity index (χ2v) is 8.06. The number of benzene rings is 3. The maximum absolute atomic E-state index is 12.4. The summed E-state index contributed by atoms with van der Waals surface area (Å²) >= 11 is 2.10. The highest BCUT2D eigenvalue weighted by Crippen LogP contribution is 2.25. The zero-order valence-corrected chi connectivity index (χ0v) is 19.2. The van der Waals surface area contributed by atoms with Gasteiger partial charge in [-0.15, -0.1) is 0 Å². The highest BCUT2D eigenvalue weighted by Gasteiger charge is 2.11. The predicted molar refractivity (Wildman–Crippen MR) is 130 cm³/mol. The molecule has 1 N–H and O–H groups in total. The van der Waals surface area contributed by atoms with E-state index in [1.165, 1.54) is 18.2 Å². The number of nitrogens with zero attached hydrogens (tertiary/aromatic N) is 2. The standard InChI is InChI=1S/C24H18IN3O4/c1-16-5-8-20(9-6-16)27-24(29)19(14-26)11-17-7-10-23(22(25)13-17)32-15-18-3-2-4-21(12-18)28(30)31/h2-13H,15H2,1H3,(H,27,29)/b19-11+. The molecule has 0 radical (unpaired) electrons. The molecular weight excluding hydrogens is 521 g/mol. The number of rotatable bonds is 7. The van der Waals surface area contributed by atoms with Crippen molar-refractivity contribution >= 4 is 45.9 Å². The number of carbonyl (C=O) groups excluding carboxylic acids is 1. The molecule has 0 heterocycles. The third kappa shape index (κ3) is 6.15. The maximum atomic E-state index is 12.4. The van der Waals surface area contributed by atoms with Crippen molar-refractivity contribution < 1.29 is 14.5 Å². The van der Waals surface area contributed by atoms with E-state index >= 15 is 0 Å². The Balaban J connectivity index is 1.70. The number of nitrogens with one attached hydrogen (secondary N) is 1. The second-order valence-electron chi connectivity index (χ2n) is 6.90. The van der Waals surface area contributed by atoms with Crippen LogP contribution >= 0.6 is 22.6 Å². The van der Waals surface area contributed by atoms with E-state index in [9.17, 15) is 20.2 Å². The summed E-state index contributed by atoms with van der Waals surface area (Å²) in [5.41, 5.74) is 3.02. The number of nitriles is 1. The minimum atomic E-state index is -0.489. The first-order valence-electron chi connectivity index (χ1n) is 9.51. The van der Waals surface area contributed by atoms with Crippen LogP contribution in [0.4, 0.5) is 11.4 Å². The highest BCUT2D eigenvalue weighted by atomic mass is 127. The lowest BCUT2D eigenvalue weighted by Crippen LogP contribution is -2.13. The number of ether oxygens (including phenoxy) is 1. The molecule has 8 heteroatoms. The van der Waals surface area contributed by atoms with Crippen LogP contribution in [0.15, 0.2) is 72.3 Å². The van der Waals surface area contributed by atoms with Gasteiger partial charge < -0.3 is 10.1 Å². The molecule has 160 valence electrons. The average molecular weight is 539 g/mol. The van der Waals surface area contributed by atoms with Crippen LogP contribution in [0.3, 0.4) is 0 Å². The molecule has 0 aliphatic carbocycles. The van der Waals surface area contributed by atoms with Gasteiger partial charge in [-0.1, -0.05) is 35.9 Å². The normalized spacial score (nSPS) is 10.8. The Kier molecular flexibility index (Phi) is 7.57. The Bertz CT molecular complexity index is 1230. The van der Waals surface area contributed by atoms with Gasteiger partial charge in [0.1, 0.15) is 24.0 Å². The van der Waals surface area contributed by atoms with Crippen molar-refractivity contribution in [3.63, 3.8) is 0 Å². The van der Waals surface area contributed by atoms with Gasteiger partial charge in [-0.3, -0.25) is 14.9 Å². The number of anilines is 1. The van der Waals surface area contributed by atoms with E-state index < -0.39 is 10.8 Å². The van der Waals surface area contributed by atoms with Crippen molar-refractivity contribution in [1.82, 2.24) is 0 Å². The molecule has 0 bridgehead atoms. The number of carbonyl (C=O) groups is 1. The van der Waals surface area contributed by atoms with Crippen LogP contribution < -0.4 is 10.1 Å². The number of aryl methyl sites for hydroxylation is 1. The summed E-state index contributed by atoms with van der Waals surface area (Å²) in [6.07, 6.45) is 1.51. The molecule has 7 nitrogen and oxygen atoms in total. The van der Waals surface area contributed by atoms with E-state index in [1.54, 1.807) is 42.5 Å². The number of nitro groups is 1. The van der Waals surface area contributed by atoms with Crippen molar-refractivity contribution in [2.24, 2.45) is 0 Å². The molecule has 3 rings (SSSR count). The minimum absolute atomic E-state index is 0.00855. The zero-order valence-electron chi connectivity index (χ0n) is 17.0. The fraction of sp³-hybridized carbons (Fsp3) is 0.0833. The SMILES string of the molecule is Cc1ccc(NC(=O)/C(C#N)=C/c2ccc(OCc3cccc([N+](=O)[O-])c3)c(I)c2)cc1. The molecule has 0 saturated carbocycles. The average Bonchev–Trinajstić information content (AvgIpc) is 2.78. The summed E-state index contributed by atoms with van der Waals surface area (Å²) in [6, 6.07) is 20.8. The van der Waals surface area contributed by atoms with Crippen molar-refractivity contribution in [3.05, 3.63) is 103 Å². The summed E-state index contributed by atoms with van der Waals surface area (Å²) in [4.78, 5) is 22.9. The smallest absolute Gasteiger partial charge is 0.269 e. The topological polar surface area (TPSA) is 105 Å². The monoisotopic (exact) mass is 539 g/mol. The molecule has 0 aromatic heterocycles. The van der Waals surface area contributed by atoms with Gasteiger partial charge in [0.05, 0.1) is 8.49 Å². The molecule has 3 aromatic carbocycles. The Labute approximate surface area is 198 Å². The van der Waals surface area contributed by atoms with Crippen molar-refractivity contribution in [2.45, 2.75) is 13.5 Å². The van der Waals surface area contributed by atoms with Crippen LogP contribution in [0.25, 0.3) is 6.08 Å². The lowest BCUT2D eigenvalue weighted by Gasteiger charge is -2.09. The third-order valence-electron chi connectivity index (χ3n) is 4.46. The molecule has 0 atom stereocenters. The summed E-state index contributed by atoms with van der Waals surface area (Å²) in [6.45, 7) is 2.13. The van der Waals surface area contributed by atoms with E-state index in [-0.39, 0.29) is 17.9 Å². The van der Waals surface area contributed by atoms with Crippen molar-refractivity contribution in [3.8, 4) is 11.8 Å². The number of hydrogen-bond donors (Lipinski definition) is 1. The quantitative estimate of drug-likeness (QED) is 0.138. The lowest BCUT2D eigenvalue weighted by molar-refractivity contribution is -0.384. The molecule has 0 spiro atoms. The van der Waals surface area contributed by atoms with Gasteiger partial charge in [-0.05, 0) is 71.0 Å². The lowest BCUT2D eigenvalue weighted by atomic mass is 10.1. The van der Waals surface area contributed by atoms with E-state index in [1.807, 2.05) is 25.1 Å². The third-order valence-corrected chi connectivity index (χ3v) is 5.30. The fourth-order valence-electron chi connectivity index (χ4n) is 2.80. The van der Waals surface area contributed by atoms with Crippen LogP contribution in [0.2, 0.25) is 0 Å². The predicted octanol–water partition coefficient (Wildman–Crippen LogP) is 5.63. The minimum Gasteiger partial charge on any atom is -0.488 e. The largest absolute Gasteiger partial charge is 0.488 e. The molecule has 1 amide bonds. The maximum Gasteiger partial charge on any atom is 0.269 e. The van der Waals surface area contributed by atoms with Crippen LogP contribution in [0, 0.1) is 31.9 Å². The van der Waals surface area contributed by atoms with Gasteiger partial charge in [0, 0.05) is 17.8 Å². The summed E-state index contributed by atoms with van der Waals surface area (Å²) in [5, 5.41) is 23.0. The van der Waals surface area contributed by atoms with E-state index in [4.69, 9.17) is 4.74 Å². The Hall–Kier alpha value is -3.71. The fourth-order valence-corrected chi connectivity index (χ4v) is 3.49. The first kappa shape index (κ1) is 23.0. The molecule has 0 aliphatic heterocycles. The summed E-state index contributed by atoms with van der Waals surface area (Å²) < 4.78 is 6.56. The Morgan fingerprint density at radius 2 is 1.94 bits per heavy atom. The number of hydrogen-bond acceptors (Lipinski definition) is 5. The van der Waals surface area contributed by atoms with Gasteiger partial charge >= 0.3 is 0 Å². The molecule has 0 unspecified atom stereocenters. The van der Waals surface area contributed by atoms with Gasteiger partial charge in [0.25, 0.3) is 11.6 Å². The second kappa shape index (κ2) is 10.5. The number of halogens is 1. The molecule has 0 saturated heterocycles. The Morgan fingerprint density at radius 3 is 2.59 bits per heavy atom. The van der Waals surface area contributed by atoms with Gasteiger partial charge in [-0.25, -0.2) is 0 Å². The van der Waals surface area contributed by atoms with Crippen LogP contribution in [-0.2, 0) is 11.4 Å². The molecule has 0 fully saturated rings. The van der Waals surface area contributed by atoms with E-state index in [0.717, 1.165) is 9.13 Å². The molecule has 3 aromatic rings. The van der Waals surface area contributed by atoms with Crippen molar-refractivity contribution in [2.75, 3.05) is 5.32 Å². The molecule has 32 heavy (non-hydrogen) atoms. The van der Waals surface area contributed by atoms with E-state index in [2.05, 4.69) is 27.9 Å². The number of non-ortho nitro benzene ring substituents is 1. The molecular formula is C24H18IN3O4. The highest BCUT2D eigenvalue weighted by molar-refractivity contribution is 14.1. The first-order valence-corrected chi connectivity index (χ1v) is 10.6. The van der Waals surface area contributed by atoms with Crippen LogP contribution in [0.5, 0.6) is 5.75 Å². The van der Waals surface area contributed by atoms with Crippen LogP contribution in [-0.4, -0.2) is 10.8 Å². The van der Waals surface area contributed by atoms with E-state index in [0.29, 0.717) is 22.6 Å². The van der Waals surface area contributed by atoms with Gasteiger partial charge in [-0.2, -0.15) is 5.26 Å². The summed E-state index contributed by atoms with van der Waals surface area (Å²) in [7, 11) is 0. The van der Waals surface area contributed by atoms with Gasteiger partial charge in [0.2, 0.25) is 0 Å². The number of nitro benzene ring substituents is 1. The Morgan fingerprint density at radius 1 is 1.19 bits per heavy atom. The zero-order chi connectivity index (χ0) is 23.1. The van der Waals surface area contributed by atoms with Gasteiger partial charge in [0.15, 0.2) is 0 Å². The first-order chi connectivity index (χ1) is 15.4. The molecule has 0 aliphatic rings. The van der Waals surface area contributed by atoms with Crippen molar-refractivity contribution in [1.29, 1.82) is 5.26 Å². The number of amides is 1. The van der Waals surface area contributed by atoms with Crippen LogP contribution in [0.1, 0.15) is 16.7 Å².